The molecule has 0 saturated carbocycles. The van der Waals surface area contributed by atoms with Crippen molar-refractivity contribution in [2.75, 3.05) is 26.7 Å². The van der Waals surface area contributed by atoms with Gasteiger partial charge >= 0.3 is 0 Å². The maximum absolute atomic E-state index is 14.1. The van der Waals surface area contributed by atoms with Gasteiger partial charge in [-0.25, -0.2) is 0 Å². The lowest BCUT2D eigenvalue weighted by atomic mass is 10.00. The molecule has 54 heavy (non-hydrogen) atoms. The van der Waals surface area contributed by atoms with Gasteiger partial charge in [0.05, 0.1) is 6.54 Å². The van der Waals surface area contributed by atoms with Crippen LogP contribution in [-0.2, 0) is 41.6 Å². The zero-order valence-corrected chi connectivity index (χ0v) is 30.5. The van der Waals surface area contributed by atoms with Crippen LogP contribution in [0.25, 0.3) is 10.8 Å². The smallest absolute Gasteiger partial charge is 0.245 e. The molecule has 0 spiro atoms. The SMILES string of the molecule is CC(=O)NCCC[C@@H]1C(=O)N[C@@H](CCCN=C(N)N)C(=O)N[C@@H](Cc2ccc3ccccc3c2)C(=O)NCC(=O)N[C@H](Cc2ccc(O)cc2)C(=O)N1C. The highest BCUT2D eigenvalue weighted by molar-refractivity contribution is 5.97. The number of fused-ring (bicyclic) bond motifs is 1. The first-order valence-corrected chi connectivity index (χ1v) is 17.8. The summed E-state index contributed by atoms with van der Waals surface area (Å²) in [4.78, 5) is 86.1. The zero-order chi connectivity index (χ0) is 39.2. The average molecular weight is 744 g/mol. The Morgan fingerprint density at radius 3 is 2.19 bits per heavy atom. The van der Waals surface area contributed by atoms with Gasteiger partial charge in [0.15, 0.2) is 5.96 Å². The quantitative estimate of drug-likeness (QED) is 0.0689. The number of nitrogens with two attached hydrogens (primary N) is 2. The number of hydrogen-bond acceptors (Lipinski definition) is 8. The molecular weight excluding hydrogens is 694 g/mol. The number of aromatic hydroxyl groups is 1. The predicted molar refractivity (Wildman–Crippen MR) is 203 cm³/mol. The summed E-state index contributed by atoms with van der Waals surface area (Å²) >= 11 is 0. The molecule has 0 radical (unpaired) electrons. The second-order valence-electron chi connectivity index (χ2n) is 13.3. The fourth-order valence-electron chi connectivity index (χ4n) is 6.19. The summed E-state index contributed by atoms with van der Waals surface area (Å²) in [7, 11) is 1.42. The Kier molecular flexibility index (Phi) is 14.7. The number of nitrogens with one attached hydrogen (secondary N) is 5. The molecular formula is C38H49N9O7. The number of phenolic OH excluding ortho intramolecular Hbond substituents is 1. The topological polar surface area (TPSA) is 250 Å². The predicted octanol–water partition coefficient (Wildman–Crippen LogP) is -0.288. The van der Waals surface area contributed by atoms with Crippen LogP contribution in [0.1, 0.15) is 43.7 Å². The Balaban J connectivity index is 1.70. The van der Waals surface area contributed by atoms with Gasteiger partial charge in [-0.15, -0.1) is 0 Å². The third-order valence-corrected chi connectivity index (χ3v) is 9.04. The summed E-state index contributed by atoms with van der Waals surface area (Å²) in [5.41, 5.74) is 12.3. The lowest BCUT2D eigenvalue weighted by Crippen LogP contribution is -2.58. The van der Waals surface area contributed by atoms with Gasteiger partial charge < -0.3 is 48.1 Å². The van der Waals surface area contributed by atoms with E-state index < -0.39 is 60.2 Å². The zero-order valence-electron chi connectivity index (χ0n) is 30.5. The van der Waals surface area contributed by atoms with Crippen LogP contribution in [0, 0.1) is 0 Å². The van der Waals surface area contributed by atoms with Crippen molar-refractivity contribution in [3.05, 3.63) is 77.9 Å². The Morgan fingerprint density at radius 2 is 1.48 bits per heavy atom. The van der Waals surface area contributed by atoms with Crippen molar-refractivity contribution < 1.29 is 33.9 Å². The van der Waals surface area contributed by atoms with E-state index in [1.54, 1.807) is 12.1 Å². The van der Waals surface area contributed by atoms with Crippen molar-refractivity contribution in [2.24, 2.45) is 16.5 Å². The van der Waals surface area contributed by atoms with Crippen LogP contribution < -0.4 is 38.1 Å². The second kappa shape index (κ2) is 19.6. The molecule has 0 aromatic heterocycles. The van der Waals surface area contributed by atoms with E-state index in [2.05, 4.69) is 31.6 Å². The minimum atomic E-state index is -1.18. The van der Waals surface area contributed by atoms with Crippen LogP contribution in [0.15, 0.2) is 71.7 Å². The van der Waals surface area contributed by atoms with Gasteiger partial charge in [-0.2, -0.15) is 0 Å². The van der Waals surface area contributed by atoms with E-state index in [1.165, 1.54) is 31.0 Å². The molecule has 0 unspecified atom stereocenters. The lowest BCUT2D eigenvalue weighted by Gasteiger charge is -2.32. The molecule has 1 saturated heterocycles. The summed E-state index contributed by atoms with van der Waals surface area (Å²) in [6.45, 7) is 1.24. The van der Waals surface area contributed by atoms with Gasteiger partial charge in [-0.1, -0.05) is 54.6 Å². The molecule has 4 atom stereocenters. The molecule has 1 aliphatic rings. The Labute approximate surface area is 313 Å². The van der Waals surface area contributed by atoms with Crippen LogP contribution in [0.4, 0.5) is 0 Å². The number of amides is 6. The summed E-state index contributed by atoms with van der Waals surface area (Å²) in [6, 6.07) is 14.8. The number of aliphatic imine (C=N–C) groups is 1. The number of likely N-dealkylation sites (N-methyl/N-ethyl adjacent to an activating group) is 1. The monoisotopic (exact) mass is 743 g/mol. The van der Waals surface area contributed by atoms with E-state index in [1.807, 2.05) is 42.5 Å². The molecule has 3 aromatic rings. The van der Waals surface area contributed by atoms with Gasteiger partial charge in [0.25, 0.3) is 0 Å². The first kappa shape index (κ1) is 40.6. The van der Waals surface area contributed by atoms with Gasteiger partial charge in [0, 0.05) is 39.9 Å². The van der Waals surface area contributed by atoms with Crippen molar-refractivity contribution in [1.82, 2.24) is 31.5 Å². The minimum absolute atomic E-state index is 0.00141. The van der Waals surface area contributed by atoms with Crippen molar-refractivity contribution in [3.8, 4) is 5.75 Å². The van der Waals surface area contributed by atoms with Gasteiger partial charge in [0.2, 0.25) is 35.4 Å². The number of phenols is 1. The van der Waals surface area contributed by atoms with E-state index in [0.29, 0.717) is 12.0 Å². The number of guanidine groups is 1. The normalized spacial score (nSPS) is 20.1. The van der Waals surface area contributed by atoms with Crippen LogP contribution in [0.3, 0.4) is 0 Å². The Morgan fingerprint density at radius 1 is 0.815 bits per heavy atom. The molecule has 1 heterocycles. The molecule has 16 heteroatoms. The second-order valence-corrected chi connectivity index (χ2v) is 13.3. The lowest BCUT2D eigenvalue weighted by molar-refractivity contribution is -0.142. The number of carbonyl (C=O) groups is 6. The van der Waals surface area contributed by atoms with E-state index in [9.17, 15) is 33.9 Å². The van der Waals surface area contributed by atoms with E-state index in [4.69, 9.17) is 11.5 Å². The molecule has 0 aliphatic carbocycles. The standard InChI is InChI=1S/C38H49N9O7/c1-23(48)41-17-6-10-32-36(53)45-29(9-5-18-42-38(39)40)35(52)46-30(21-25-11-14-26-7-3-4-8-27(26)19-25)34(51)43-22-33(50)44-31(37(54)47(32)2)20-24-12-15-28(49)16-13-24/h3-4,7-8,11-16,19,29-32,49H,5-6,9-10,17-18,20-22H2,1-2H3,(H,41,48)(H,43,51)(H,44,50)(H,45,53)(H,46,52)(H4,39,40,42)/t29-,30-,31+,32+/m0/s1. The van der Waals surface area contributed by atoms with E-state index in [-0.39, 0.29) is 62.8 Å². The molecule has 1 aliphatic heterocycles. The van der Waals surface area contributed by atoms with Gasteiger partial charge in [-0.05, 0) is 59.7 Å². The number of hydrogen-bond donors (Lipinski definition) is 8. The summed E-state index contributed by atoms with van der Waals surface area (Å²) in [5.74, 6) is -3.64. The van der Waals surface area contributed by atoms with Crippen LogP contribution >= 0.6 is 0 Å². The number of rotatable bonds is 12. The molecule has 288 valence electrons. The third kappa shape index (κ3) is 12.2. The first-order chi connectivity index (χ1) is 25.8. The number of nitrogens with zero attached hydrogens (tertiary/aromatic N) is 2. The maximum atomic E-state index is 14.1. The fourth-order valence-corrected chi connectivity index (χ4v) is 6.19. The Hall–Kier alpha value is -6.19. The number of benzene rings is 3. The molecule has 10 N–H and O–H groups in total. The molecule has 1 fully saturated rings. The van der Waals surface area contributed by atoms with Crippen LogP contribution in [-0.4, -0.2) is 102 Å². The van der Waals surface area contributed by atoms with Crippen LogP contribution in [0.2, 0.25) is 0 Å². The Bertz CT molecular complexity index is 1850. The maximum Gasteiger partial charge on any atom is 0.245 e. The largest absolute Gasteiger partial charge is 0.508 e. The molecule has 4 rings (SSSR count). The van der Waals surface area contributed by atoms with Gasteiger partial charge in [0.1, 0.15) is 29.9 Å². The summed E-state index contributed by atoms with van der Waals surface area (Å²) in [6.07, 6.45) is 0.834. The van der Waals surface area contributed by atoms with Crippen molar-refractivity contribution in [3.63, 3.8) is 0 Å². The first-order valence-electron chi connectivity index (χ1n) is 17.8. The van der Waals surface area contributed by atoms with E-state index in [0.717, 1.165) is 16.3 Å². The molecule has 3 aromatic carbocycles. The highest BCUT2D eigenvalue weighted by atomic mass is 16.3. The fraction of sp³-hybridized carbons (Fsp3) is 0.395. The molecule has 6 amide bonds. The highest BCUT2D eigenvalue weighted by Gasteiger charge is 2.35. The molecule has 0 bridgehead atoms. The summed E-state index contributed by atoms with van der Waals surface area (Å²) in [5, 5.41) is 25.3. The average Bonchev–Trinajstić information content (AvgIpc) is 3.14. The third-order valence-electron chi connectivity index (χ3n) is 9.04. The van der Waals surface area contributed by atoms with Crippen LogP contribution in [0.5, 0.6) is 5.75 Å². The number of carbonyl (C=O) groups excluding carboxylic acids is 6. The van der Waals surface area contributed by atoms with E-state index >= 15 is 0 Å². The highest BCUT2D eigenvalue weighted by Crippen LogP contribution is 2.18. The molecule has 16 nitrogen and oxygen atoms in total. The van der Waals surface area contributed by atoms with Crippen molar-refractivity contribution in [1.29, 1.82) is 0 Å². The van der Waals surface area contributed by atoms with Crippen molar-refractivity contribution >= 4 is 52.2 Å². The van der Waals surface area contributed by atoms with Crippen molar-refractivity contribution in [2.45, 2.75) is 69.6 Å². The van der Waals surface area contributed by atoms with Gasteiger partial charge in [-0.3, -0.25) is 33.8 Å². The minimum Gasteiger partial charge on any atom is -0.508 e. The summed E-state index contributed by atoms with van der Waals surface area (Å²) < 4.78 is 0.